The molecule has 3 N–H and O–H groups in total. The van der Waals surface area contributed by atoms with Crippen LogP contribution in [0.1, 0.15) is 70.6 Å². The van der Waals surface area contributed by atoms with Gasteiger partial charge in [0, 0.05) is 36.8 Å². The molecule has 1 aromatic carbocycles. The molecule has 4 heterocycles. The van der Waals surface area contributed by atoms with E-state index in [9.17, 15) is 27.6 Å². The van der Waals surface area contributed by atoms with Gasteiger partial charge in [0.25, 0.3) is 5.91 Å². The summed E-state index contributed by atoms with van der Waals surface area (Å²) in [7, 11) is -3.87. The number of alkyl carbamates (subject to hydrolysis) is 1. The van der Waals surface area contributed by atoms with E-state index in [4.69, 9.17) is 14.2 Å². The normalized spacial score (nSPS) is 29.1. The zero-order chi connectivity index (χ0) is 35.6. The SMILES string of the molecule is O=C(N[C@H]1CCCCCC=C[C@@H]2C[C@@]2(C(=O)NS(=O)(=O)C2CC2)NC(=O)[C@@H]2C[C@@H](Oc3nccc4ccccc34)CN2C1=O)OC1CCOCC1. The van der Waals surface area contributed by atoms with Crippen LogP contribution in [0.3, 0.4) is 0 Å². The van der Waals surface area contributed by atoms with E-state index < -0.39 is 68.7 Å². The van der Waals surface area contributed by atoms with Crippen molar-refractivity contribution in [2.45, 2.75) is 106 Å². The van der Waals surface area contributed by atoms with Crippen molar-refractivity contribution in [3.8, 4) is 5.88 Å². The van der Waals surface area contributed by atoms with Gasteiger partial charge < -0.3 is 29.7 Å². The van der Waals surface area contributed by atoms with Crippen molar-refractivity contribution in [2.24, 2.45) is 5.92 Å². The highest BCUT2D eigenvalue weighted by molar-refractivity contribution is 7.91. The van der Waals surface area contributed by atoms with Crippen molar-refractivity contribution in [1.29, 1.82) is 0 Å². The predicted octanol–water partition coefficient (Wildman–Crippen LogP) is 2.86. The summed E-state index contributed by atoms with van der Waals surface area (Å²) in [5, 5.41) is 6.74. The maximum atomic E-state index is 14.4. The molecule has 0 radical (unpaired) electrons. The number of nitrogens with zero attached hydrogens (tertiary/aromatic N) is 2. The molecule has 2 saturated heterocycles. The third-order valence-corrected chi connectivity index (χ3v) is 12.3. The first-order valence-corrected chi connectivity index (χ1v) is 19.6. The van der Waals surface area contributed by atoms with E-state index in [2.05, 4.69) is 20.3 Å². The Morgan fingerprint density at radius 2 is 1.80 bits per heavy atom. The van der Waals surface area contributed by atoms with Crippen LogP contribution in [0.4, 0.5) is 4.79 Å². The van der Waals surface area contributed by atoms with Crippen LogP contribution in [0, 0.1) is 5.92 Å². The van der Waals surface area contributed by atoms with Crippen LogP contribution < -0.4 is 20.1 Å². The van der Waals surface area contributed by atoms with Crippen LogP contribution in [-0.4, -0.2) is 97.0 Å². The smallest absolute Gasteiger partial charge is 0.408 e. The molecule has 15 heteroatoms. The summed E-state index contributed by atoms with van der Waals surface area (Å²) in [6, 6.07) is 7.41. The first-order valence-electron chi connectivity index (χ1n) is 18.0. The van der Waals surface area contributed by atoms with Gasteiger partial charge in [0.2, 0.25) is 27.7 Å². The molecule has 274 valence electrons. The minimum absolute atomic E-state index is 0.0214. The lowest BCUT2D eigenvalue weighted by Crippen LogP contribution is -2.58. The molecule has 0 bridgehead atoms. The average molecular weight is 724 g/mol. The zero-order valence-corrected chi connectivity index (χ0v) is 29.3. The van der Waals surface area contributed by atoms with Gasteiger partial charge in [-0.1, -0.05) is 43.2 Å². The van der Waals surface area contributed by atoms with Crippen molar-refractivity contribution in [1.82, 2.24) is 25.2 Å². The van der Waals surface area contributed by atoms with E-state index in [0.717, 1.165) is 23.6 Å². The maximum absolute atomic E-state index is 14.4. The zero-order valence-electron chi connectivity index (χ0n) is 28.5. The van der Waals surface area contributed by atoms with Crippen molar-refractivity contribution < 1.29 is 41.8 Å². The first-order chi connectivity index (χ1) is 24.6. The molecular formula is C36H45N5O9S. The van der Waals surface area contributed by atoms with E-state index in [1.807, 2.05) is 42.5 Å². The Hall–Kier alpha value is -4.24. The van der Waals surface area contributed by atoms with Gasteiger partial charge in [0.05, 0.1) is 25.0 Å². The number of carbonyl (C=O) groups is 4. The largest absolute Gasteiger partial charge is 0.472 e. The van der Waals surface area contributed by atoms with Crippen molar-refractivity contribution >= 4 is 44.6 Å². The number of ether oxygens (including phenoxy) is 3. The minimum Gasteiger partial charge on any atom is -0.472 e. The summed E-state index contributed by atoms with van der Waals surface area (Å²) in [5.41, 5.74) is -1.48. The number of aromatic nitrogens is 1. The minimum atomic E-state index is -3.87. The second-order valence-electron chi connectivity index (χ2n) is 14.2. The van der Waals surface area contributed by atoms with Crippen LogP contribution in [0.2, 0.25) is 0 Å². The maximum Gasteiger partial charge on any atom is 0.408 e. The van der Waals surface area contributed by atoms with Gasteiger partial charge in [-0.05, 0) is 56.0 Å². The molecular weight excluding hydrogens is 678 g/mol. The predicted molar refractivity (Wildman–Crippen MR) is 185 cm³/mol. The number of fused-ring (bicyclic) bond motifs is 3. The average Bonchev–Trinajstić information content (AvgIpc) is 4.04. The summed E-state index contributed by atoms with van der Waals surface area (Å²) in [5.74, 6) is -1.90. The van der Waals surface area contributed by atoms with Crippen molar-refractivity contribution in [3.63, 3.8) is 0 Å². The molecule has 2 aliphatic carbocycles. The molecule has 51 heavy (non-hydrogen) atoms. The topological polar surface area (TPSA) is 182 Å². The number of pyridine rings is 1. The Morgan fingerprint density at radius 3 is 2.61 bits per heavy atom. The molecule has 0 unspecified atom stereocenters. The molecule has 2 aromatic rings. The van der Waals surface area contributed by atoms with Gasteiger partial charge in [-0.3, -0.25) is 19.1 Å². The third kappa shape index (κ3) is 7.98. The number of benzene rings is 1. The fourth-order valence-corrected chi connectivity index (χ4v) is 8.68. The Labute approximate surface area is 297 Å². The van der Waals surface area contributed by atoms with Gasteiger partial charge in [-0.15, -0.1) is 0 Å². The monoisotopic (exact) mass is 723 g/mol. The molecule has 1 aromatic heterocycles. The lowest BCUT2D eigenvalue weighted by Gasteiger charge is -2.30. The highest BCUT2D eigenvalue weighted by atomic mass is 32.2. The highest BCUT2D eigenvalue weighted by Crippen LogP contribution is 2.46. The standard InChI is InChI=1S/C36H45N5O9S/c42-31-30-20-26(49-32-28-10-7-6-8-23(28)14-17-37-32)22-41(30)33(43)29(38-35(45)50-25-15-18-48-19-16-25)11-5-3-1-2-4-9-24-21-36(24,39-31)34(44)40-51(46,47)27-12-13-27/h4,6-10,14,17,24-27,29-30H,1-3,5,11-13,15-16,18-22H2,(H,38,45)(H,39,42)(H,40,44)/t24-,26-,29+,30+,36-/m1/s1. The molecule has 0 spiro atoms. The van der Waals surface area contributed by atoms with E-state index in [1.54, 1.807) is 6.20 Å². The number of amides is 4. The molecule has 7 rings (SSSR count). The quantitative estimate of drug-likeness (QED) is 0.360. The number of hydrogen-bond donors (Lipinski definition) is 3. The lowest BCUT2D eigenvalue weighted by atomic mass is 10.0. The highest BCUT2D eigenvalue weighted by Gasteiger charge is 2.62. The van der Waals surface area contributed by atoms with E-state index in [-0.39, 0.29) is 25.5 Å². The van der Waals surface area contributed by atoms with Crippen LogP contribution in [0.5, 0.6) is 5.88 Å². The molecule has 5 atom stereocenters. The Morgan fingerprint density at radius 1 is 1.00 bits per heavy atom. The number of nitrogens with one attached hydrogen (secondary N) is 3. The fourth-order valence-electron chi connectivity index (χ4n) is 7.31. The Kier molecular flexibility index (Phi) is 10.2. The van der Waals surface area contributed by atoms with Crippen LogP contribution in [0.15, 0.2) is 48.7 Å². The molecule has 4 amide bonds. The van der Waals surface area contributed by atoms with E-state index >= 15 is 0 Å². The summed E-state index contributed by atoms with van der Waals surface area (Å²) < 4.78 is 45.2. The van der Waals surface area contributed by atoms with Crippen molar-refractivity contribution in [3.05, 3.63) is 48.7 Å². The second-order valence-corrected chi connectivity index (χ2v) is 16.2. The van der Waals surface area contributed by atoms with Crippen LogP contribution >= 0.6 is 0 Å². The van der Waals surface area contributed by atoms with Gasteiger partial charge in [0.1, 0.15) is 29.8 Å². The van der Waals surface area contributed by atoms with Crippen LogP contribution in [-0.2, 0) is 33.9 Å². The summed E-state index contributed by atoms with van der Waals surface area (Å²) >= 11 is 0. The fraction of sp³-hybridized carbons (Fsp3) is 0.583. The van der Waals surface area contributed by atoms with Gasteiger partial charge in [0.15, 0.2) is 0 Å². The second kappa shape index (κ2) is 14.8. The number of hydrogen-bond acceptors (Lipinski definition) is 10. The number of rotatable bonds is 7. The molecule has 14 nitrogen and oxygen atoms in total. The Balaban J connectivity index is 1.16. The summed E-state index contributed by atoms with van der Waals surface area (Å²) in [6.07, 6.45) is 9.44. The number of sulfonamides is 1. The first kappa shape index (κ1) is 35.2. The number of carbonyl (C=O) groups excluding carboxylic acids is 4. The van der Waals surface area contributed by atoms with Gasteiger partial charge in [-0.25, -0.2) is 18.2 Å². The van der Waals surface area contributed by atoms with Crippen LogP contribution in [0.25, 0.3) is 10.8 Å². The van der Waals surface area contributed by atoms with E-state index in [0.29, 0.717) is 64.0 Å². The number of allylic oxidation sites excluding steroid dienone is 1. The van der Waals surface area contributed by atoms with E-state index in [1.165, 1.54) is 4.90 Å². The van der Waals surface area contributed by atoms with Crippen molar-refractivity contribution in [2.75, 3.05) is 19.8 Å². The summed E-state index contributed by atoms with van der Waals surface area (Å²) in [6.45, 7) is 0.992. The summed E-state index contributed by atoms with van der Waals surface area (Å²) in [4.78, 5) is 61.3. The molecule has 4 fully saturated rings. The molecule has 2 saturated carbocycles. The molecule has 3 aliphatic heterocycles. The third-order valence-electron chi connectivity index (χ3n) is 10.5. The van der Waals surface area contributed by atoms with Gasteiger partial charge >= 0.3 is 6.09 Å². The molecule has 5 aliphatic rings. The van der Waals surface area contributed by atoms with Gasteiger partial charge in [-0.2, -0.15) is 0 Å². The Bertz CT molecular complexity index is 1790. The lowest BCUT2D eigenvalue weighted by molar-refractivity contribution is -0.141.